The molecule has 0 aliphatic carbocycles. The van der Waals surface area contributed by atoms with Crippen LogP contribution in [0.4, 0.5) is 0 Å². The van der Waals surface area contributed by atoms with Crippen LogP contribution in [0.3, 0.4) is 0 Å². The molecule has 170 valence electrons. The van der Waals surface area contributed by atoms with Crippen LogP contribution in [0.1, 0.15) is 49.9 Å². The van der Waals surface area contributed by atoms with Crippen LogP contribution in [0.25, 0.3) is 10.8 Å². The molecule has 3 atom stereocenters. The number of rotatable bonds is 9. The third-order valence-corrected chi connectivity index (χ3v) is 5.32. The first kappa shape index (κ1) is 23.4. The lowest BCUT2D eigenvalue weighted by molar-refractivity contribution is -0.155. The van der Waals surface area contributed by atoms with Gasteiger partial charge in [0.1, 0.15) is 12.1 Å². The van der Waals surface area contributed by atoms with Crippen molar-refractivity contribution >= 4 is 34.3 Å². The molecule has 1 heterocycles. The summed E-state index contributed by atoms with van der Waals surface area (Å²) < 4.78 is 4.63. The second-order valence-corrected chi connectivity index (χ2v) is 8.43. The van der Waals surface area contributed by atoms with E-state index in [1.54, 1.807) is 12.1 Å². The highest BCUT2D eigenvalue weighted by molar-refractivity contribution is 6.01. The summed E-state index contributed by atoms with van der Waals surface area (Å²) in [5.74, 6) is -1.56. The molecule has 1 aliphatic heterocycles. The van der Waals surface area contributed by atoms with Gasteiger partial charge in [-0.15, -0.1) is 0 Å². The molecule has 1 unspecified atom stereocenters. The Morgan fingerprint density at radius 3 is 2.47 bits per heavy atom. The minimum absolute atomic E-state index is 0.0177. The van der Waals surface area contributed by atoms with Crippen LogP contribution >= 0.6 is 0 Å². The molecule has 8 heteroatoms. The van der Waals surface area contributed by atoms with Gasteiger partial charge in [-0.1, -0.05) is 50.2 Å². The van der Waals surface area contributed by atoms with E-state index in [0.29, 0.717) is 12.0 Å². The number of ether oxygens (including phenoxy) is 1. The average molecular weight is 440 g/mol. The molecule has 1 aliphatic rings. The summed E-state index contributed by atoms with van der Waals surface area (Å²) in [5.41, 5.74) is 0.535. The number of cyclic esters (lactones) is 1. The normalized spacial score (nSPS) is 18.9. The molecule has 32 heavy (non-hydrogen) atoms. The van der Waals surface area contributed by atoms with Crippen molar-refractivity contribution in [2.24, 2.45) is 5.92 Å². The lowest BCUT2D eigenvalue weighted by Crippen LogP contribution is -2.51. The summed E-state index contributed by atoms with van der Waals surface area (Å²) in [6.45, 7) is 3.82. The summed E-state index contributed by atoms with van der Waals surface area (Å²) in [4.78, 5) is 48.9. The maximum Gasteiger partial charge on any atom is 0.310 e. The van der Waals surface area contributed by atoms with Gasteiger partial charge in [-0.05, 0) is 29.2 Å². The highest BCUT2D eigenvalue weighted by atomic mass is 16.6. The molecule has 1 fully saturated rings. The van der Waals surface area contributed by atoms with Crippen LogP contribution in [0.15, 0.2) is 42.5 Å². The van der Waals surface area contributed by atoms with Gasteiger partial charge in [0.15, 0.2) is 5.78 Å². The predicted octanol–water partition coefficient (Wildman–Crippen LogP) is 2.08. The van der Waals surface area contributed by atoms with Gasteiger partial charge in [-0.25, -0.2) is 0 Å². The summed E-state index contributed by atoms with van der Waals surface area (Å²) in [6.07, 6.45) is -1.20. The Balaban J connectivity index is 1.56. The Morgan fingerprint density at radius 2 is 1.81 bits per heavy atom. The Morgan fingerprint density at radius 1 is 1.09 bits per heavy atom. The van der Waals surface area contributed by atoms with E-state index in [2.05, 4.69) is 15.4 Å². The minimum atomic E-state index is -1.40. The number of esters is 1. The third-order valence-electron chi connectivity index (χ3n) is 5.32. The van der Waals surface area contributed by atoms with Gasteiger partial charge in [-0.2, -0.15) is 0 Å². The van der Waals surface area contributed by atoms with E-state index >= 15 is 0 Å². The van der Waals surface area contributed by atoms with E-state index in [-0.39, 0.29) is 31.0 Å². The average Bonchev–Trinajstić information content (AvgIpc) is 3.07. The molecule has 0 bridgehead atoms. The van der Waals surface area contributed by atoms with Crippen molar-refractivity contribution in [1.29, 1.82) is 0 Å². The molecule has 3 rings (SSSR count). The minimum Gasteiger partial charge on any atom is -0.434 e. The maximum absolute atomic E-state index is 12.6. The van der Waals surface area contributed by atoms with Crippen molar-refractivity contribution in [3.63, 3.8) is 0 Å². The van der Waals surface area contributed by atoms with Gasteiger partial charge in [0.05, 0.1) is 6.42 Å². The van der Waals surface area contributed by atoms with Crippen LogP contribution in [-0.4, -0.2) is 47.0 Å². The molecule has 0 spiro atoms. The van der Waals surface area contributed by atoms with Crippen LogP contribution in [0.5, 0.6) is 0 Å². The van der Waals surface area contributed by atoms with Gasteiger partial charge < -0.3 is 20.5 Å². The fourth-order valence-electron chi connectivity index (χ4n) is 3.65. The molecular weight excluding hydrogens is 412 g/mol. The Kier molecular flexibility index (Phi) is 7.58. The van der Waals surface area contributed by atoms with Crippen molar-refractivity contribution in [1.82, 2.24) is 10.6 Å². The number of carbonyl (C=O) groups is 4. The van der Waals surface area contributed by atoms with Crippen molar-refractivity contribution in [2.75, 3.05) is 0 Å². The monoisotopic (exact) mass is 440 g/mol. The zero-order valence-corrected chi connectivity index (χ0v) is 18.2. The SMILES string of the molecule is CC(C)C[C@H](NC(=O)CCC(=O)c1ccc2ccccc2c1)C(=O)N[C@H]1CC(=O)OC1O. The molecule has 3 N–H and O–H groups in total. The number of hydrogen-bond donors (Lipinski definition) is 3. The van der Waals surface area contributed by atoms with E-state index in [1.165, 1.54) is 0 Å². The molecule has 8 nitrogen and oxygen atoms in total. The molecule has 0 saturated carbocycles. The van der Waals surface area contributed by atoms with Gasteiger partial charge in [0.25, 0.3) is 0 Å². The number of carbonyl (C=O) groups excluding carboxylic acids is 4. The molecule has 2 aromatic carbocycles. The van der Waals surface area contributed by atoms with Crippen molar-refractivity contribution in [2.45, 2.75) is 57.9 Å². The van der Waals surface area contributed by atoms with Gasteiger partial charge in [0, 0.05) is 18.4 Å². The van der Waals surface area contributed by atoms with Gasteiger partial charge >= 0.3 is 5.97 Å². The fourth-order valence-corrected chi connectivity index (χ4v) is 3.65. The lowest BCUT2D eigenvalue weighted by atomic mass is 10.0. The van der Waals surface area contributed by atoms with E-state index < -0.39 is 36.2 Å². The highest BCUT2D eigenvalue weighted by Crippen LogP contribution is 2.17. The molecule has 0 aromatic heterocycles. The Bertz CT molecular complexity index is 1020. The van der Waals surface area contributed by atoms with Crippen molar-refractivity contribution < 1.29 is 29.0 Å². The van der Waals surface area contributed by atoms with Crippen LogP contribution < -0.4 is 10.6 Å². The fraction of sp³-hybridized carbons (Fsp3) is 0.417. The first-order valence-corrected chi connectivity index (χ1v) is 10.7. The number of fused-ring (bicyclic) bond motifs is 1. The maximum atomic E-state index is 12.6. The number of benzene rings is 2. The summed E-state index contributed by atoms with van der Waals surface area (Å²) >= 11 is 0. The summed E-state index contributed by atoms with van der Waals surface area (Å²) in [7, 11) is 0. The quantitative estimate of drug-likeness (QED) is 0.405. The topological polar surface area (TPSA) is 122 Å². The number of nitrogens with one attached hydrogen (secondary N) is 2. The largest absolute Gasteiger partial charge is 0.434 e. The molecule has 2 amide bonds. The zero-order valence-electron chi connectivity index (χ0n) is 18.2. The number of aliphatic hydroxyl groups excluding tert-OH is 1. The summed E-state index contributed by atoms with van der Waals surface area (Å²) in [5, 5.41) is 16.9. The molecule has 2 aromatic rings. The molecule has 1 saturated heterocycles. The van der Waals surface area contributed by atoms with Crippen LogP contribution in [0.2, 0.25) is 0 Å². The number of Topliss-reactive ketones (excluding diaryl/α,β-unsaturated/α-hetero) is 1. The predicted molar refractivity (Wildman–Crippen MR) is 118 cm³/mol. The number of amides is 2. The van der Waals surface area contributed by atoms with Gasteiger partial charge in [-0.3, -0.25) is 19.2 Å². The van der Waals surface area contributed by atoms with E-state index in [9.17, 15) is 24.3 Å². The second kappa shape index (κ2) is 10.4. The highest BCUT2D eigenvalue weighted by Gasteiger charge is 2.36. The first-order valence-electron chi connectivity index (χ1n) is 10.7. The number of hydrogen-bond acceptors (Lipinski definition) is 6. The van der Waals surface area contributed by atoms with E-state index in [4.69, 9.17) is 0 Å². The first-order chi connectivity index (χ1) is 15.2. The van der Waals surface area contributed by atoms with Crippen molar-refractivity contribution in [3.05, 3.63) is 48.0 Å². The summed E-state index contributed by atoms with van der Waals surface area (Å²) in [6, 6.07) is 11.4. The number of ketones is 1. The third kappa shape index (κ3) is 6.13. The Labute approximate surface area is 186 Å². The van der Waals surface area contributed by atoms with E-state index in [0.717, 1.165) is 10.8 Å². The van der Waals surface area contributed by atoms with Crippen LogP contribution in [-0.2, 0) is 19.1 Å². The van der Waals surface area contributed by atoms with Crippen LogP contribution in [0, 0.1) is 5.92 Å². The van der Waals surface area contributed by atoms with E-state index in [1.807, 2.05) is 44.2 Å². The standard InChI is InChI=1S/C24H28N2O6/c1-14(2)11-18(23(30)26-19-13-22(29)32-24(19)31)25-21(28)10-9-20(27)17-8-7-15-5-3-4-6-16(15)12-17/h3-8,12,14,18-19,24,31H,9-11,13H2,1-2H3,(H,25,28)(H,26,30)/t18-,19-,24?/m0/s1. The molecular formula is C24H28N2O6. The number of aliphatic hydroxyl groups is 1. The smallest absolute Gasteiger partial charge is 0.310 e. The van der Waals surface area contributed by atoms with Gasteiger partial charge in [0.2, 0.25) is 18.1 Å². The zero-order chi connectivity index (χ0) is 23.3. The lowest BCUT2D eigenvalue weighted by Gasteiger charge is -2.22. The van der Waals surface area contributed by atoms with Crippen molar-refractivity contribution in [3.8, 4) is 0 Å². The Hall–Kier alpha value is -3.26. The second-order valence-electron chi connectivity index (χ2n) is 8.43. The molecule has 0 radical (unpaired) electrons.